The lowest BCUT2D eigenvalue weighted by Gasteiger charge is -2.08. The van der Waals surface area contributed by atoms with Gasteiger partial charge in [-0.05, 0) is 31.9 Å². The molecule has 18 heavy (non-hydrogen) atoms. The average Bonchev–Trinajstić information content (AvgIpc) is 2.34. The van der Waals surface area contributed by atoms with Crippen molar-refractivity contribution in [1.29, 1.82) is 0 Å². The molecule has 2 rings (SSSR count). The van der Waals surface area contributed by atoms with Gasteiger partial charge in [0.2, 0.25) is 0 Å². The molecule has 0 aliphatic heterocycles. The van der Waals surface area contributed by atoms with Gasteiger partial charge in [-0.2, -0.15) is 0 Å². The Balaban J connectivity index is 2.65. The Morgan fingerprint density at radius 3 is 2.72 bits per heavy atom. The van der Waals surface area contributed by atoms with Crippen molar-refractivity contribution in [2.45, 2.75) is 20.8 Å². The van der Waals surface area contributed by atoms with Gasteiger partial charge in [0, 0.05) is 5.39 Å². The normalized spacial score (nSPS) is 10.7. The topological polar surface area (TPSA) is 52.1 Å². The molecule has 2 aromatic rings. The van der Waals surface area contributed by atoms with E-state index in [0.717, 1.165) is 16.5 Å². The summed E-state index contributed by atoms with van der Waals surface area (Å²) in [6.45, 7) is 5.95. The third-order valence-corrected chi connectivity index (χ3v) is 3.25. The molecule has 1 heterocycles. The molecule has 0 fully saturated rings. The molecule has 0 unspecified atom stereocenters. The zero-order chi connectivity index (χ0) is 13.3. The Morgan fingerprint density at radius 1 is 1.33 bits per heavy atom. The lowest BCUT2D eigenvalue weighted by Crippen LogP contribution is -2.09. The fourth-order valence-corrected chi connectivity index (χ4v) is 1.98. The summed E-state index contributed by atoms with van der Waals surface area (Å²) in [6, 6.07) is 3.79. The quantitative estimate of drug-likeness (QED) is 0.782. The van der Waals surface area contributed by atoms with E-state index in [1.807, 2.05) is 26.0 Å². The minimum atomic E-state index is -0.546. The Morgan fingerprint density at radius 2 is 2.06 bits per heavy atom. The molecule has 94 valence electrons. The van der Waals surface area contributed by atoms with Gasteiger partial charge in [0.15, 0.2) is 5.69 Å². The van der Waals surface area contributed by atoms with E-state index >= 15 is 0 Å². The lowest BCUT2D eigenvalue weighted by atomic mass is 10.1. The molecular weight excluding hydrogens is 252 g/mol. The number of benzene rings is 1. The summed E-state index contributed by atoms with van der Waals surface area (Å²) in [5.41, 5.74) is 2.90. The van der Waals surface area contributed by atoms with Crippen molar-refractivity contribution in [1.82, 2.24) is 10.2 Å². The Kier molecular flexibility index (Phi) is 3.48. The maximum atomic E-state index is 11.7. The summed E-state index contributed by atoms with van der Waals surface area (Å²) in [7, 11) is 0. The third kappa shape index (κ3) is 2.04. The van der Waals surface area contributed by atoms with E-state index in [1.165, 1.54) is 0 Å². The van der Waals surface area contributed by atoms with Gasteiger partial charge >= 0.3 is 5.97 Å². The fraction of sp³-hybridized carbons (Fsp3) is 0.308. The van der Waals surface area contributed by atoms with Crippen molar-refractivity contribution in [2.75, 3.05) is 6.61 Å². The summed E-state index contributed by atoms with van der Waals surface area (Å²) < 4.78 is 4.89. The average molecular weight is 265 g/mol. The molecule has 5 heteroatoms. The third-order valence-electron chi connectivity index (χ3n) is 2.86. The second kappa shape index (κ2) is 4.90. The molecule has 0 bridgehead atoms. The highest BCUT2D eigenvalue weighted by Crippen LogP contribution is 2.27. The van der Waals surface area contributed by atoms with Gasteiger partial charge in [0.25, 0.3) is 0 Å². The molecule has 1 aromatic heterocycles. The minimum Gasteiger partial charge on any atom is -0.461 e. The summed E-state index contributed by atoms with van der Waals surface area (Å²) in [5, 5.41) is 8.95. The molecule has 1 aromatic carbocycles. The first kappa shape index (κ1) is 12.8. The predicted molar refractivity (Wildman–Crippen MR) is 70.0 cm³/mol. The molecular formula is C13H13ClN2O2. The number of hydrogen-bond donors (Lipinski definition) is 0. The van der Waals surface area contributed by atoms with Crippen molar-refractivity contribution in [3.63, 3.8) is 0 Å². The van der Waals surface area contributed by atoms with Crippen LogP contribution in [-0.2, 0) is 4.74 Å². The molecule has 0 aliphatic carbocycles. The van der Waals surface area contributed by atoms with Crippen LogP contribution < -0.4 is 0 Å². The van der Waals surface area contributed by atoms with Gasteiger partial charge in [-0.3, -0.25) is 0 Å². The van der Waals surface area contributed by atoms with Gasteiger partial charge < -0.3 is 4.74 Å². The van der Waals surface area contributed by atoms with Crippen LogP contribution in [-0.4, -0.2) is 22.8 Å². The van der Waals surface area contributed by atoms with Crippen LogP contribution in [0.2, 0.25) is 5.02 Å². The van der Waals surface area contributed by atoms with E-state index in [0.29, 0.717) is 10.5 Å². The van der Waals surface area contributed by atoms with Crippen LogP contribution in [0.3, 0.4) is 0 Å². The molecule has 0 saturated carbocycles. The van der Waals surface area contributed by atoms with Crippen LogP contribution in [0.25, 0.3) is 10.9 Å². The largest absolute Gasteiger partial charge is 0.461 e. The van der Waals surface area contributed by atoms with E-state index in [1.54, 1.807) is 6.92 Å². The smallest absolute Gasteiger partial charge is 0.360 e. The zero-order valence-electron chi connectivity index (χ0n) is 10.5. The second-order valence-corrected chi connectivity index (χ2v) is 4.36. The number of hydrogen-bond acceptors (Lipinski definition) is 4. The fourth-order valence-electron chi connectivity index (χ4n) is 1.71. The van der Waals surface area contributed by atoms with E-state index in [2.05, 4.69) is 10.2 Å². The van der Waals surface area contributed by atoms with E-state index < -0.39 is 5.97 Å². The van der Waals surface area contributed by atoms with Crippen molar-refractivity contribution in [3.8, 4) is 0 Å². The number of carbonyl (C=O) groups is 1. The Bertz CT molecular complexity index is 626. The van der Waals surface area contributed by atoms with Crippen LogP contribution in [0, 0.1) is 13.8 Å². The maximum Gasteiger partial charge on any atom is 0.360 e. The number of aryl methyl sites for hydroxylation is 2. The van der Waals surface area contributed by atoms with E-state index in [-0.39, 0.29) is 12.3 Å². The van der Waals surface area contributed by atoms with Crippen LogP contribution in [0.15, 0.2) is 12.1 Å². The van der Waals surface area contributed by atoms with Gasteiger partial charge in [-0.25, -0.2) is 4.79 Å². The molecule has 4 nitrogen and oxygen atoms in total. The monoisotopic (exact) mass is 264 g/mol. The lowest BCUT2D eigenvalue weighted by molar-refractivity contribution is 0.0518. The Hall–Kier alpha value is -1.68. The molecule has 0 saturated heterocycles. The number of carbonyl (C=O) groups excluding carboxylic acids is 1. The summed E-state index contributed by atoms with van der Waals surface area (Å²) in [4.78, 5) is 11.7. The minimum absolute atomic E-state index is 0.0641. The summed E-state index contributed by atoms with van der Waals surface area (Å²) >= 11 is 6.19. The molecule has 0 N–H and O–H groups in total. The van der Waals surface area contributed by atoms with Gasteiger partial charge in [-0.1, -0.05) is 23.7 Å². The van der Waals surface area contributed by atoms with Crippen LogP contribution >= 0.6 is 11.6 Å². The summed E-state index contributed by atoms with van der Waals surface area (Å²) in [5.74, 6) is -0.546. The SMILES string of the molecule is CCOC(=O)c1nnc2c(C)c(C)ccc2c1Cl. The number of rotatable bonds is 2. The van der Waals surface area contributed by atoms with Crippen molar-refractivity contribution in [3.05, 3.63) is 34.0 Å². The van der Waals surface area contributed by atoms with Crippen LogP contribution in [0.4, 0.5) is 0 Å². The van der Waals surface area contributed by atoms with Gasteiger partial charge in [0.05, 0.1) is 17.1 Å². The number of halogens is 1. The van der Waals surface area contributed by atoms with Crippen molar-refractivity contribution in [2.24, 2.45) is 0 Å². The van der Waals surface area contributed by atoms with Crippen LogP contribution in [0.5, 0.6) is 0 Å². The van der Waals surface area contributed by atoms with Crippen molar-refractivity contribution < 1.29 is 9.53 Å². The number of fused-ring (bicyclic) bond motifs is 1. The number of ether oxygens (including phenoxy) is 1. The van der Waals surface area contributed by atoms with E-state index in [4.69, 9.17) is 16.3 Å². The highest BCUT2D eigenvalue weighted by atomic mass is 35.5. The molecule has 0 radical (unpaired) electrons. The first-order chi connectivity index (χ1) is 8.56. The van der Waals surface area contributed by atoms with Crippen LogP contribution in [0.1, 0.15) is 28.5 Å². The number of nitrogens with zero attached hydrogens (tertiary/aromatic N) is 2. The first-order valence-corrected chi connectivity index (χ1v) is 6.03. The highest BCUT2D eigenvalue weighted by Gasteiger charge is 2.18. The van der Waals surface area contributed by atoms with Crippen molar-refractivity contribution >= 4 is 28.5 Å². The number of aromatic nitrogens is 2. The first-order valence-electron chi connectivity index (χ1n) is 5.65. The maximum absolute atomic E-state index is 11.7. The summed E-state index contributed by atoms with van der Waals surface area (Å²) in [6.07, 6.45) is 0. The number of esters is 1. The molecule has 0 atom stereocenters. The Labute approximate surface area is 110 Å². The van der Waals surface area contributed by atoms with E-state index in [9.17, 15) is 4.79 Å². The van der Waals surface area contributed by atoms with Gasteiger partial charge in [0.1, 0.15) is 0 Å². The molecule has 0 aliphatic rings. The van der Waals surface area contributed by atoms with Gasteiger partial charge in [-0.15, -0.1) is 10.2 Å². The second-order valence-electron chi connectivity index (χ2n) is 3.99. The highest BCUT2D eigenvalue weighted by molar-refractivity contribution is 6.37. The predicted octanol–water partition coefficient (Wildman–Crippen LogP) is 3.08. The standard InChI is InChI=1S/C13H13ClN2O2/c1-4-18-13(17)12-10(14)9-6-5-7(2)8(3)11(9)15-16-12/h5-6H,4H2,1-3H3. The molecule has 0 spiro atoms. The molecule has 0 amide bonds. The zero-order valence-corrected chi connectivity index (χ0v) is 11.2.